The Bertz CT molecular complexity index is 791. The average Bonchev–Trinajstić information content (AvgIpc) is 3.25. The number of nitrogens with one attached hydrogen (secondary N) is 2. The summed E-state index contributed by atoms with van der Waals surface area (Å²) in [6.45, 7) is 1.26. The van der Waals surface area contributed by atoms with Gasteiger partial charge in [-0.2, -0.15) is 5.10 Å². The zero-order chi connectivity index (χ0) is 16.8. The molecule has 8 nitrogen and oxygen atoms in total. The number of carbonyl (C=O) groups excluding carboxylic acids is 2. The van der Waals surface area contributed by atoms with Gasteiger partial charge in [-0.05, 0) is 24.6 Å². The van der Waals surface area contributed by atoms with Crippen LogP contribution in [0, 0.1) is 0 Å². The number of hydrogen-bond donors (Lipinski definition) is 2. The molecule has 3 aromatic rings. The van der Waals surface area contributed by atoms with Gasteiger partial charge in [-0.1, -0.05) is 6.07 Å². The highest BCUT2D eigenvalue weighted by atomic mass is 16.2. The lowest BCUT2D eigenvalue weighted by atomic mass is 10.3. The first kappa shape index (κ1) is 15.7. The minimum atomic E-state index is -0.368. The second-order valence-electron chi connectivity index (χ2n) is 5.29. The lowest BCUT2D eigenvalue weighted by Gasteiger charge is -2.06. The van der Waals surface area contributed by atoms with Crippen LogP contribution in [0.1, 0.15) is 16.9 Å². The number of hydrogen-bond acceptors (Lipinski definition) is 4. The van der Waals surface area contributed by atoms with Crippen molar-refractivity contribution in [3.05, 3.63) is 54.9 Å². The Morgan fingerprint density at radius 1 is 1.17 bits per heavy atom. The third-order valence-corrected chi connectivity index (χ3v) is 3.49. The van der Waals surface area contributed by atoms with Crippen molar-refractivity contribution in [3.8, 4) is 0 Å². The highest BCUT2D eigenvalue weighted by molar-refractivity contribution is 5.95. The van der Waals surface area contributed by atoms with Crippen LogP contribution in [0.2, 0.25) is 0 Å². The number of aryl methyl sites for hydroxylation is 1. The summed E-state index contributed by atoms with van der Waals surface area (Å²) in [5, 5.41) is 9.50. The molecule has 0 atom stereocenters. The van der Waals surface area contributed by atoms with Gasteiger partial charge in [0, 0.05) is 31.7 Å². The number of amides is 2. The fraction of sp³-hybridized carbons (Fsp3) is 0.250. The summed E-state index contributed by atoms with van der Waals surface area (Å²) in [5.74, 6) is -0.593. The maximum atomic E-state index is 12.0. The van der Waals surface area contributed by atoms with E-state index in [1.54, 1.807) is 29.3 Å². The molecule has 8 heteroatoms. The predicted molar refractivity (Wildman–Crippen MR) is 87.4 cm³/mol. The summed E-state index contributed by atoms with van der Waals surface area (Å²) in [4.78, 5) is 27.7. The standard InChI is InChI=1S/C16H18N6O2/c23-15(18-5-3-7-21-9-6-17-12-21)11-19-16(24)14-10-13-4-1-2-8-22(13)20-14/h1-2,4,6,8-10,12H,3,5,7,11H2,(H,18,23)(H,19,24). The van der Waals surface area contributed by atoms with Crippen LogP contribution in [0.3, 0.4) is 0 Å². The molecule has 0 radical (unpaired) electrons. The van der Waals surface area contributed by atoms with Crippen LogP contribution in [0.4, 0.5) is 0 Å². The van der Waals surface area contributed by atoms with Crippen LogP contribution >= 0.6 is 0 Å². The monoisotopic (exact) mass is 326 g/mol. The molecule has 3 rings (SSSR count). The zero-order valence-corrected chi connectivity index (χ0v) is 13.1. The van der Waals surface area contributed by atoms with Crippen molar-refractivity contribution in [2.24, 2.45) is 0 Å². The maximum absolute atomic E-state index is 12.0. The lowest BCUT2D eigenvalue weighted by molar-refractivity contribution is -0.120. The molecule has 2 N–H and O–H groups in total. The van der Waals surface area contributed by atoms with E-state index >= 15 is 0 Å². The first-order valence-electron chi connectivity index (χ1n) is 7.67. The third-order valence-electron chi connectivity index (χ3n) is 3.49. The number of carbonyl (C=O) groups is 2. The fourth-order valence-electron chi connectivity index (χ4n) is 2.27. The minimum absolute atomic E-state index is 0.0716. The minimum Gasteiger partial charge on any atom is -0.355 e. The number of pyridine rings is 1. The number of imidazole rings is 1. The van der Waals surface area contributed by atoms with Gasteiger partial charge in [0.1, 0.15) is 0 Å². The van der Waals surface area contributed by atoms with Crippen molar-refractivity contribution in [2.45, 2.75) is 13.0 Å². The second-order valence-corrected chi connectivity index (χ2v) is 5.29. The summed E-state index contributed by atoms with van der Waals surface area (Å²) >= 11 is 0. The SMILES string of the molecule is O=C(CNC(=O)c1cc2ccccn2n1)NCCCn1ccnc1. The Morgan fingerprint density at radius 3 is 2.88 bits per heavy atom. The zero-order valence-electron chi connectivity index (χ0n) is 13.1. The highest BCUT2D eigenvalue weighted by Crippen LogP contribution is 2.05. The van der Waals surface area contributed by atoms with Crippen LogP contribution < -0.4 is 10.6 Å². The first-order chi connectivity index (χ1) is 11.7. The Balaban J connectivity index is 1.39. The Morgan fingerprint density at radius 2 is 2.08 bits per heavy atom. The molecule has 0 aromatic carbocycles. The quantitative estimate of drug-likeness (QED) is 0.617. The second kappa shape index (κ2) is 7.40. The van der Waals surface area contributed by atoms with Crippen molar-refractivity contribution in [1.29, 1.82) is 0 Å². The van der Waals surface area contributed by atoms with Gasteiger partial charge in [-0.15, -0.1) is 0 Å². The molecule has 0 aliphatic rings. The van der Waals surface area contributed by atoms with Crippen molar-refractivity contribution < 1.29 is 9.59 Å². The summed E-state index contributed by atoms with van der Waals surface area (Å²) in [6, 6.07) is 7.24. The predicted octanol–water partition coefficient (Wildman–Crippen LogP) is 0.467. The molecule has 0 aliphatic heterocycles. The van der Waals surface area contributed by atoms with Gasteiger partial charge in [0.15, 0.2) is 5.69 Å². The fourth-order valence-corrected chi connectivity index (χ4v) is 2.27. The number of rotatable bonds is 7. The molecule has 0 saturated carbocycles. The van der Waals surface area contributed by atoms with Gasteiger partial charge in [-0.3, -0.25) is 9.59 Å². The van der Waals surface area contributed by atoms with Gasteiger partial charge < -0.3 is 15.2 Å². The molecular formula is C16H18N6O2. The van der Waals surface area contributed by atoms with E-state index in [2.05, 4.69) is 20.7 Å². The third kappa shape index (κ3) is 3.97. The topological polar surface area (TPSA) is 93.3 Å². The molecule has 0 fully saturated rings. The molecule has 3 aromatic heterocycles. The molecule has 0 bridgehead atoms. The van der Waals surface area contributed by atoms with Gasteiger partial charge in [0.05, 0.1) is 18.4 Å². The summed E-state index contributed by atoms with van der Waals surface area (Å²) in [7, 11) is 0. The first-order valence-corrected chi connectivity index (χ1v) is 7.67. The van der Waals surface area contributed by atoms with Crippen LogP contribution in [0.25, 0.3) is 5.52 Å². The van der Waals surface area contributed by atoms with E-state index in [0.29, 0.717) is 6.54 Å². The molecule has 0 aliphatic carbocycles. The average molecular weight is 326 g/mol. The van der Waals surface area contributed by atoms with Crippen LogP contribution in [-0.4, -0.2) is 44.1 Å². The Kier molecular flexibility index (Phi) is 4.85. The van der Waals surface area contributed by atoms with E-state index in [1.165, 1.54) is 0 Å². The molecule has 0 unspecified atom stereocenters. The van der Waals surface area contributed by atoms with Gasteiger partial charge in [-0.25, -0.2) is 9.50 Å². The Labute approximate surface area is 138 Å². The van der Waals surface area contributed by atoms with E-state index in [0.717, 1.165) is 18.5 Å². The molecule has 0 saturated heterocycles. The van der Waals surface area contributed by atoms with Gasteiger partial charge in [0.2, 0.25) is 5.91 Å². The maximum Gasteiger partial charge on any atom is 0.272 e. The number of aromatic nitrogens is 4. The molecule has 24 heavy (non-hydrogen) atoms. The Hall–Kier alpha value is -3.16. The van der Waals surface area contributed by atoms with E-state index < -0.39 is 0 Å². The molecule has 124 valence electrons. The lowest BCUT2D eigenvalue weighted by Crippen LogP contribution is -2.37. The molecular weight excluding hydrogens is 308 g/mol. The van der Waals surface area contributed by atoms with E-state index in [4.69, 9.17) is 0 Å². The summed E-state index contributed by atoms with van der Waals surface area (Å²) in [6.07, 6.45) is 7.88. The normalized spacial score (nSPS) is 10.7. The summed E-state index contributed by atoms with van der Waals surface area (Å²) < 4.78 is 3.56. The molecule has 2 amide bonds. The van der Waals surface area contributed by atoms with Gasteiger partial charge in [0.25, 0.3) is 5.91 Å². The van der Waals surface area contributed by atoms with Crippen LogP contribution in [0.5, 0.6) is 0 Å². The van der Waals surface area contributed by atoms with Crippen LogP contribution in [-0.2, 0) is 11.3 Å². The van der Waals surface area contributed by atoms with Crippen molar-refractivity contribution >= 4 is 17.3 Å². The summed E-state index contributed by atoms with van der Waals surface area (Å²) in [5.41, 5.74) is 1.11. The van der Waals surface area contributed by atoms with E-state index in [1.807, 2.05) is 29.0 Å². The van der Waals surface area contributed by atoms with Crippen LogP contribution in [0.15, 0.2) is 49.2 Å². The van der Waals surface area contributed by atoms with Crippen molar-refractivity contribution in [3.63, 3.8) is 0 Å². The number of nitrogens with zero attached hydrogens (tertiary/aromatic N) is 4. The van der Waals surface area contributed by atoms with E-state index in [9.17, 15) is 9.59 Å². The molecule has 0 spiro atoms. The van der Waals surface area contributed by atoms with Crippen molar-refractivity contribution in [1.82, 2.24) is 29.8 Å². The smallest absolute Gasteiger partial charge is 0.272 e. The van der Waals surface area contributed by atoms with Crippen molar-refractivity contribution in [2.75, 3.05) is 13.1 Å². The van der Waals surface area contributed by atoms with Gasteiger partial charge >= 0.3 is 0 Å². The molecule has 3 heterocycles. The largest absolute Gasteiger partial charge is 0.355 e. The van der Waals surface area contributed by atoms with E-state index in [-0.39, 0.29) is 24.1 Å². The number of fused-ring (bicyclic) bond motifs is 1. The highest BCUT2D eigenvalue weighted by Gasteiger charge is 2.11.